The van der Waals surface area contributed by atoms with Crippen LogP contribution in [0.2, 0.25) is 10.0 Å². The number of carbonyl (C=O) groups excluding carboxylic acids is 1. The third-order valence-corrected chi connectivity index (χ3v) is 4.28. The van der Waals surface area contributed by atoms with Crippen molar-refractivity contribution in [1.29, 1.82) is 0 Å². The molecule has 2 aromatic rings. The molecule has 1 N–H and O–H groups in total. The lowest BCUT2D eigenvalue weighted by atomic mass is 10.1. The predicted molar refractivity (Wildman–Crippen MR) is 88.3 cm³/mol. The van der Waals surface area contributed by atoms with Crippen molar-refractivity contribution < 1.29 is 4.79 Å². The highest BCUT2D eigenvalue weighted by Gasteiger charge is 2.12. The second-order valence-corrected chi connectivity index (χ2v) is 5.99. The van der Waals surface area contributed by atoms with Crippen molar-refractivity contribution in [3.8, 4) is 0 Å². The van der Waals surface area contributed by atoms with Crippen LogP contribution in [-0.4, -0.2) is 5.91 Å². The molecule has 19 heavy (non-hydrogen) atoms. The Labute approximate surface area is 135 Å². The number of amides is 1. The molecule has 2 nitrogen and oxygen atoms in total. The van der Waals surface area contributed by atoms with Gasteiger partial charge >= 0.3 is 0 Å². The van der Waals surface area contributed by atoms with E-state index in [0.29, 0.717) is 21.3 Å². The van der Waals surface area contributed by atoms with Crippen LogP contribution in [0.25, 0.3) is 0 Å². The Morgan fingerprint density at radius 1 is 1.21 bits per heavy atom. The zero-order chi connectivity index (χ0) is 14.0. The first-order valence-corrected chi connectivity index (χ1v) is 7.34. The number of benzene rings is 2. The smallest absolute Gasteiger partial charge is 0.256 e. The molecule has 1 amide bonds. The van der Waals surface area contributed by atoms with Gasteiger partial charge in [-0.1, -0.05) is 40.9 Å². The fourth-order valence-corrected chi connectivity index (χ4v) is 2.86. The molecule has 0 saturated heterocycles. The maximum absolute atomic E-state index is 12.2. The Balaban J connectivity index is 2.28. The van der Waals surface area contributed by atoms with E-state index >= 15 is 0 Å². The Hall–Kier alpha value is -0.780. The van der Waals surface area contributed by atoms with E-state index in [4.69, 9.17) is 23.2 Å². The molecule has 0 atom stereocenters. The summed E-state index contributed by atoms with van der Waals surface area (Å²) in [7, 11) is 0. The molecular formula is C14H10Cl2INO. The number of hydrogen-bond acceptors (Lipinski definition) is 1. The van der Waals surface area contributed by atoms with Gasteiger partial charge in [0.15, 0.2) is 0 Å². The molecule has 5 heteroatoms. The fraction of sp³-hybridized carbons (Fsp3) is 0.0714. The van der Waals surface area contributed by atoms with Crippen LogP contribution in [0, 0.1) is 10.5 Å². The average Bonchev–Trinajstić information content (AvgIpc) is 2.34. The number of anilines is 1. The SMILES string of the molecule is Cc1ccc(C(=O)Nc2cccc(Cl)c2Cl)c(I)c1. The van der Waals surface area contributed by atoms with E-state index in [-0.39, 0.29) is 5.91 Å². The van der Waals surface area contributed by atoms with Crippen LogP contribution in [0.4, 0.5) is 5.69 Å². The first-order valence-electron chi connectivity index (χ1n) is 5.50. The highest BCUT2D eigenvalue weighted by Crippen LogP contribution is 2.30. The average molecular weight is 406 g/mol. The Morgan fingerprint density at radius 3 is 2.63 bits per heavy atom. The molecule has 0 fully saturated rings. The van der Waals surface area contributed by atoms with E-state index < -0.39 is 0 Å². The molecule has 2 rings (SSSR count). The van der Waals surface area contributed by atoms with E-state index in [2.05, 4.69) is 27.9 Å². The number of carbonyl (C=O) groups is 1. The minimum Gasteiger partial charge on any atom is -0.321 e. The zero-order valence-corrected chi connectivity index (χ0v) is 13.7. The van der Waals surface area contributed by atoms with E-state index in [1.54, 1.807) is 24.3 Å². The van der Waals surface area contributed by atoms with Crippen molar-refractivity contribution >= 4 is 57.4 Å². The number of nitrogens with one attached hydrogen (secondary N) is 1. The van der Waals surface area contributed by atoms with E-state index in [9.17, 15) is 4.79 Å². The standard InChI is InChI=1S/C14H10Cl2INO/c1-8-5-6-9(11(17)7-8)14(19)18-12-4-2-3-10(15)13(12)16/h2-7H,1H3,(H,18,19). The summed E-state index contributed by atoms with van der Waals surface area (Å²) in [6, 6.07) is 10.8. The summed E-state index contributed by atoms with van der Waals surface area (Å²) in [5.41, 5.74) is 2.24. The summed E-state index contributed by atoms with van der Waals surface area (Å²) in [5, 5.41) is 3.53. The molecule has 0 aromatic heterocycles. The van der Waals surface area contributed by atoms with Gasteiger partial charge < -0.3 is 5.32 Å². The van der Waals surface area contributed by atoms with Gasteiger partial charge in [-0.05, 0) is 53.8 Å². The van der Waals surface area contributed by atoms with Crippen LogP contribution in [0.15, 0.2) is 36.4 Å². The summed E-state index contributed by atoms with van der Waals surface area (Å²) in [5.74, 6) is -0.200. The summed E-state index contributed by atoms with van der Waals surface area (Å²) in [6.45, 7) is 1.98. The molecule has 0 spiro atoms. The van der Waals surface area contributed by atoms with Crippen LogP contribution in [0.5, 0.6) is 0 Å². The molecule has 0 saturated carbocycles. The van der Waals surface area contributed by atoms with Gasteiger partial charge in [0.25, 0.3) is 5.91 Å². The quantitative estimate of drug-likeness (QED) is 0.687. The van der Waals surface area contributed by atoms with Gasteiger partial charge in [-0.3, -0.25) is 4.79 Å². The molecular weight excluding hydrogens is 396 g/mol. The van der Waals surface area contributed by atoms with Gasteiger partial charge in [0.2, 0.25) is 0 Å². The molecule has 0 radical (unpaired) electrons. The molecule has 0 aliphatic carbocycles. The molecule has 0 aliphatic heterocycles. The molecule has 0 bridgehead atoms. The predicted octanol–water partition coefficient (Wildman–Crippen LogP) is 5.16. The van der Waals surface area contributed by atoms with Crippen molar-refractivity contribution in [2.45, 2.75) is 6.92 Å². The maximum atomic E-state index is 12.2. The topological polar surface area (TPSA) is 29.1 Å². The lowest BCUT2D eigenvalue weighted by molar-refractivity contribution is 0.102. The zero-order valence-electron chi connectivity index (χ0n) is 10.0. The van der Waals surface area contributed by atoms with Gasteiger partial charge in [0, 0.05) is 3.57 Å². The van der Waals surface area contributed by atoms with Gasteiger partial charge in [0.05, 0.1) is 21.3 Å². The van der Waals surface area contributed by atoms with E-state index in [1.165, 1.54) is 0 Å². The van der Waals surface area contributed by atoms with Crippen LogP contribution >= 0.6 is 45.8 Å². The van der Waals surface area contributed by atoms with Crippen molar-refractivity contribution in [3.05, 3.63) is 61.1 Å². The maximum Gasteiger partial charge on any atom is 0.256 e. The normalized spacial score (nSPS) is 10.3. The first-order chi connectivity index (χ1) is 8.99. The lowest BCUT2D eigenvalue weighted by Gasteiger charge is -2.09. The van der Waals surface area contributed by atoms with Crippen molar-refractivity contribution in [3.63, 3.8) is 0 Å². The summed E-state index contributed by atoms with van der Waals surface area (Å²) >= 11 is 14.1. The molecule has 98 valence electrons. The third-order valence-electron chi connectivity index (χ3n) is 2.57. The molecule has 0 heterocycles. The molecule has 2 aromatic carbocycles. The molecule has 0 aliphatic rings. The van der Waals surface area contributed by atoms with E-state index in [1.807, 2.05) is 19.1 Å². The number of halogens is 3. The second-order valence-electron chi connectivity index (χ2n) is 4.04. The minimum absolute atomic E-state index is 0.200. The summed E-state index contributed by atoms with van der Waals surface area (Å²) < 4.78 is 0.897. The number of aryl methyl sites for hydroxylation is 1. The lowest BCUT2D eigenvalue weighted by Crippen LogP contribution is -2.13. The van der Waals surface area contributed by atoms with E-state index in [0.717, 1.165) is 9.13 Å². The van der Waals surface area contributed by atoms with Crippen molar-refractivity contribution in [1.82, 2.24) is 0 Å². The summed E-state index contributed by atoms with van der Waals surface area (Å²) in [4.78, 5) is 12.2. The van der Waals surface area contributed by atoms with Gasteiger partial charge in [-0.15, -0.1) is 0 Å². The van der Waals surface area contributed by atoms with Crippen LogP contribution in [0.3, 0.4) is 0 Å². The largest absolute Gasteiger partial charge is 0.321 e. The van der Waals surface area contributed by atoms with Gasteiger partial charge in [0.1, 0.15) is 0 Å². The highest BCUT2D eigenvalue weighted by atomic mass is 127. The third kappa shape index (κ3) is 3.41. The van der Waals surface area contributed by atoms with Gasteiger partial charge in [-0.25, -0.2) is 0 Å². The van der Waals surface area contributed by atoms with Crippen LogP contribution in [0.1, 0.15) is 15.9 Å². The number of hydrogen-bond donors (Lipinski definition) is 1. The summed E-state index contributed by atoms with van der Waals surface area (Å²) in [6.07, 6.45) is 0. The highest BCUT2D eigenvalue weighted by molar-refractivity contribution is 14.1. The fourth-order valence-electron chi connectivity index (χ4n) is 1.59. The van der Waals surface area contributed by atoms with Crippen LogP contribution in [-0.2, 0) is 0 Å². The second kappa shape index (κ2) is 6.11. The van der Waals surface area contributed by atoms with Crippen molar-refractivity contribution in [2.75, 3.05) is 5.32 Å². The Morgan fingerprint density at radius 2 is 1.95 bits per heavy atom. The monoisotopic (exact) mass is 405 g/mol. The van der Waals surface area contributed by atoms with Gasteiger partial charge in [-0.2, -0.15) is 0 Å². The Kier molecular flexibility index (Phi) is 4.71. The number of rotatable bonds is 2. The molecule has 0 unspecified atom stereocenters. The van der Waals surface area contributed by atoms with Crippen molar-refractivity contribution in [2.24, 2.45) is 0 Å². The Bertz CT molecular complexity index is 643. The minimum atomic E-state index is -0.200. The van der Waals surface area contributed by atoms with Crippen LogP contribution < -0.4 is 5.32 Å². The first kappa shape index (κ1) is 14.6.